The third-order valence-corrected chi connectivity index (χ3v) is 5.81. The van der Waals surface area contributed by atoms with Gasteiger partial charge >= 0.3 is 0 Å². The van der Waals surface area contributed by atoms with Crippen LogP contribution in [0.25, 0.3) is 10.8 Å². The van der Waals surface area contributed by atoms with Gasteiger partial charge in [-0.3, -0.25) is 9.78 Å². The van der Waals surface area contributed by atoms with Crippen molar-refractivity contribution in [3.63, 3.8) is 0 Å². The Balaban J connectivity index is 1.28. The lowest BCUT2D eigenvalue weighted by molar-refractivity contribution is 0.0783. The summed E-state index contributed by atoms with van der Waals surface area (Å²) in [5, 5.41) is 10.4. The van der Waals surface area contributed by atoms with Crippen molar-refractivity contribution in [2.24, 2.45) is 5.92 Å². The minimum atomic E-state index is 0.0139. The molecule has 2 aromatic carbocycles. The van der Waals surface area contributed by atoms with Crippen LogP contribution in [0.5, 0.6) is 0 Å². The predicted molar refractivity (Wildman–Crippen MR) is 115 cm³/mol. The van der Waals surface area contributed by atoms with Gasteiger partial charge in [-0.05, 0) is 29.4 Å². The molecule has 150 valence electrons. The Morgan fingerprint density at radius 2 is 1.87 bits per heavy atom. The van der Waals surface area contributed by atoms with Crippen LogP contribution in [0.15, 0.2) is 73.2 Å². The Bertz CT molecular complexity index is 1170. The maximum Gasteiger partial charge on any atom is 0.273 e. The van der Waals surface area contributed by atoms with Gasteiger partial charge in [-0.1, -0.05) is 54.6 Å². The average molecular weight is 397 g/mol. The highest BCUT2D eigenvalue weighted by molar-refractivity contribution is 6.05. The number of nitrogens with zero attached hydrogens (tertiary/aromatic N) is 5. The summed E-state index contributed by atoms with van der Waals surface area (Å²) < 4.78 is 2.10. The van der Waals surface area contributed by atoms with Gasteiger partial charge in [-0.2, -0.15) is 0 Å². The monoisotopic (exact) mass is 397 g/mol. The quantitative estimate of drug-likeness (QED) is 0.516. The number of amides is 1. The van der Waals surface area contributed by atoms with E-state index in [0.717, 1.165) is 49.1 Å². The van der Waals surface area contributed by atoms with E-state index in [0.29, 0.717) is 11.6 Å². The summed E-state index contributed by atoms with van der Waals surface area (Å²) in [5.41, 5.74) is 1.77. The van der Waals surface area contributed by atoms with Crippen molar-refractivity contribution in [1.82, 2.24) is 24.6 Å². The predicted octanol–water partition coefficient (Wildman–Crippen LogP) is 3.58. The van der Waals surface area contributed by atoms with E-state index in [1.165, 1.54) is 5.56 Å². The van der Waals surface area contributed by atoms with Crippen LogP contribution in [0, 0.1) is 5.92 Å². The van der Waals surface area contributed by atoms with Gasteiger partial charge in [0.2, 0.25) is 0 Å². The van der Waals surface area contributed by atoms with E-state index in [1.807, 2.05) is 53.4 Å². The summed E-state index contributed by atoms with van der Waals surface area (Å²) >= 11 is 0. The third kappa shape index (κ3) is 3.68. The van der Waals surface area contributed by atoms with Gasteiger partial charge in [0.1, 0.15) is 17.8 Å². The van der Waals surface area contributed by atoms with Crippen LogP contribution in [0.3, 0.4) is 0 Å². The number of likely N-dealkylation sites (tertiary alicyclic amines) is 1. The minimum Gasteiger partial charge on any atom is -0.337 e. The molecule has 0 spiro atoms. The molecule has 6 nitrogen and oxygen atoms in total. The molecule has 2 aromatic heterocycles. The highest BCUT2D eigenvalue weighted by atomic mass is 16.2. The van der Waals surface area contributed by atoms with E-state index in [-0.39, 0.29) is 5.91 Å². The van der Waals surface area contributed by atoms with E-state index in [9.17, 15) is 4.79 Å². The van der Waals surface area contributed by atoms with Gasteiger partial charge in [-0.15, -0.1) is 10.2 Å². The van der Waals surface area contributed by atoms with Gasteiger partial charge in [0.25, 0.3) is 5.91 Å². The maximum atomic E-state index is 13.1. The van der Waals surface area contributed by atoms with E-state index in [4.69, 9.17) is 0 Å². The van der Waals surface area contributed by atoms with E-state index in [2.05, 4.69) is 31.9 Å². The number of aromatic nitrogens is 4. The molecule has 0 radical (unpaired) electrons. The Kier molecular flexibility index (Phi) is 4.97. The van der Waals surface area contributed by atoms with Gasteiger partial charge in [0, 0.05) is 31.1 Å². The second kappa shape index (κ2) is 8.06. The average Bonchev–Trinajstić information content (AvgIpc) is 3.44. The van der Waals surface area contributed by atoms with Crippen LogP contribution in [-0.2, 0) is 13.0 Å². The van der Waals surface area contributed by atoms with Crippen LogP contribution >= 0.6 is 0 Å². The van der Waals surface area contributed by atoms with Crippen molar-refractivity contribution >= 4 is 16.7 Å². The Hall–Kier alpha value is -3.54. The standard InChI is InChI=1S/C24H23N5O/c30-24(23-21-9-5-4-8-20(21)10-12-25-23)28-13-11-19(16-28)14-22-27-26-17-29(22)15-18-6-2-1-3-7-18/h1-10,12,17,19H,11,13-16H2. The zero-order valence-electron chi connectivity index (χ0n) is 16.7. The molecule has 1 atom stereocenters. The zero-order chi connectivity index (χ0) is 20.3. The normalized spacial score (nSPS) is 16.3. The van der Waals surface area contributed by atoms with Crippen molar-refractivity contribution in [3.05, 3.63) is 90.3 Å². The smallest absolute Gasteiger partial charge is 0.273 e. The van der Waals surface area contributed by atoms with E-state index >= 15 is 0 Å². The molecule has 1 saturated heterocycles. The number of pyridine rings is 1. The molecule has 3 heterocycles. The van der Waals surface area contributed by atoms with Crippen LogP contribution < -0.4 is 0 Å². The van der Waals surface area contributed by atoms with Crippen molar-refractivity contribution in [2.75, 3.05) is 13.1 Å². The molecular weight excluding hydrogens is 374 g/mol. The molecule has 6 heteroatoms. The fraction of sp³-hybridized carbons (Fsp3) is 0.250. The molecular formula is C24H23N5O. The highest BCUT2D eigenvalue weighted by Crippen LogP contribution is 2.24. The number of hydrogen-bond acceptors (Lipinski definition) is 4. The van der Waals surface area contributed by atoms with Crippen LogP contribution in [0.1, 0.15) is 28.3 Å². The van der Waals surface area contributed by atoms with Crippen molar-refractivity contribution in [1.29, 1.82) is 0 Å². The lowest BCUT2D eigenvalue weighted by Gasteiger charge is -2.17. The Morgan fingerprint density at radius 3 is 2.77 bits per heavy atom. The molecule has 0 aliphatic carbocycles. The maximum absolute atomic E-state index is 13.1. The van der Waals surface area contributed by atoms with Gasteiger partial charge < -0.3 is 9.47 Å². The second-order valence-corrected chi connectivity index (χ2v) is 7.85. The van der Waals surface area contributed by atoms with Gasteiger partial charge in [0.15, 0.2) is 0 Å². The first-order valence-electron chi connectivity index (χ1n) is 10.3. The first kappa shape index (κ1) is 18.5. The Labute approximate surface area is 175 Å². The molecule has 1 amide bonds. The summed E-state index contributed by atoms with van der Waals surface area (Å²) in [5.74, 6) is 1.36. The molecule has 0 bridgehead atoms. The number of carbonyl (C=O) groups excluding carboxylic acids is 1. The van der Waals surface area contributed by atoms with E-state index in [1.54, 1.807) is 12.5 Å². The zero-order valence-corrected chi connectivity index (χ0v) is 16.7. The van der Waals surface area contributed by atoms with Gasteiger partial charge in [-0.25, -0.2) is 0 Å². The second-order valence-electron chi connectivity index (χ2n) is 7.85. The van der Waals surface area contributed by atoms with Crippen LogP contribution in [0.2, 0.25) is 0 Å². The summed E-state index contributed by atoms with van der Waals surface area (Å²) in [7, 11) is 0. The third-order valence-electron chi connectivity index (χ3n) is 5.81. The molecule has 5 rings (SSSR count). The molecule has 1 aliphatic heterocycles. The van der Waals surface area contributed by atoms with E-state index < -0.39 is 0 Å². The molecule has 4 aromatic rings. The molecule has 30 heavy (non-hydrogen) atoms. The Morgan fingerprint density at radius 1 is 1.03 bits per heavy atom. The van der Waals surface area contributed by atoms with Crippen LogP contribution in [0.4, 0.5) is 0 Å². The summed E-state index contributed by atoms with van der Waals surface area (Å²) in [6, 6.07) is 20.2. The number of benzene rings is 2. The molecule has 1 unspecified atom stereocenters. The number of carbonyl (C=O) groups is 1. The summed E-state index contributed by atoms with van der Waals surface area (Å²) in [6.07, 6.45) is 5.30. The first-order valence-corrected chi connectivity index (χ1v) is 10.3. The largest absolute Gasteiger partial charge is 0.337 e. The summed E-state index contributed by atoms with van der Waals surface area (Å²) in [6.45, 7) is 2.24. The van der Waals surface area contributed by atoms with Crippen molar-refractivity contribution < 1.29 is 4.79 Å². The highest BCUT2D eigenvalue weighted by Gasteiger charge is 2.29. The molecule has 1 aliphatic rings. The minimum absolute atomic E-state index is 0.0139. The summed E-state index contributed by atoms with van der Waals surface area (Å²) in [4.78, 5) is 19.5. The number of hydrogen-bond donors (Lipinski definition) is 0. The lowest BCUT2D eigenvalue weighted by Crippen LogP contribution is -2.30. The first-order chi connectivity index (χ1) is 14.8. The lowest BCUT2D eigenvalue weighted by atomic mass is 10.0. The fourth-order valence-electron chi connectivity index (χ4n) is 4.23. The fourth-order valence-corrected chi connectivity index (χ4v) is 4.23. The van der Waals surface area contributed by atoms with Crippen molar-refractivity contribution in [3.8, 4) is 0 Å². The van der Waals surface area contributed by atoms with Gasteiger partial charge in [0.05, 0.1) is 6.54 Å². The molecule has 1 fully saturated rings. The van der Waals surface area contributed by atoms with Crippen LogP contribution in [-0.4, -0.2) is 43.6 Å². The van der Waals surface area contributed by atoms with Crippen molar-refractivity contribution in [2.45, 2.75) is 19.4 Å². The number of fused-ring (bicyclic) bond motifs is 1. The topological polar surface area (TPSA) is 63.9 Å². The molecule has 0 saturated carbocycles. The number of rotatable bonds is 5. The molecule has 0 N–H and O–H groups in total. The SMILES string of the molecule is O=C(c1nccc2ccccc12)N1CCC(Cc2nncn2Cc2ccccc2)C1.